The molecule has 31 heavy (non-hydrogen) atoms. The molecule has 3 aromatic rings. The fraction of sp³-hybridized carbons (Fsp3) is 0.360. The minimum atomic E-state index is 0.0487. The Balaban J connectivity index is 1.39. The second-order valence-corrected chi connectivity index (χ2v) is 7.98. The predicted octanol–water partition coefficient (Wildman–Crippen LogP) is 3.64. The number of para-hydroxylation sites is 1. The summed E-state index contributed by atoms with van der Waals surface area (Å²) in [5, 5.41) is 4.32. The number of hydrogen-bond acceptors (Lipinski definition) is 5. The highest BCUT2D eigenvalue weighted by Gasteiger charge is 2.21. The van der Waals surface area contributed by atoms with E-state index in [-0.39, 0.29) is 5.91 Å². The Kier molecular flexibility index (Phi) is 7.12. The first-order valence-electron chi connectivity index (χ1n) is 10.9. The smallest absolute Gasteiger partial charge is 0.254 e. The largest absolute Gasteiger partial charge is 0.378 e. The number of ether oxygens (including phenoxy) is 1. The Labute approximate surface area is 183 Å². The van der Waals surface area contributed by atoms with Crippen LogP contribution in [-0.4, -0.2) is 67.1 Å². The molecule has 0 unspecified atom stereocenters. The molecule has 2 aromatic carbocycles. The molecule has 1 aliphatic rings. The van der Waals surface area contributed by atoms with Crippen molar-refractivity contribution in [3.05, 3.63) is 71.8 Å². The van der Waals surface area contributed by atoms with Gasteiger partial charge in [-0.25, -0.2) is 4.98 Å². The zero-order valence-electron chi connectivity index (χ0n) is 18.1. The maximum atomic E-state index is 13.2. The fourth-order valence-corrected chi connectivity index (χ4v) is 3.92. The molecule has 6 heteroatoms. The lowest BCUT2D eigenvalue weighted by Gasteiger charge is -2.27. The maximum Gasteiger partial charge on any atom is 0.254 e. The van der Waals surface area contributed by atoms with Crippen LogP contribution in [0.3, 0.4) is 0 Å². The molecule has 0 atom stereocenters. The van der Waals surface area contributed by atoms with Crippen molar-refractivity contribution >= 4 is 22.6 Å². The highest BCUT2D eigenvalue weighted by Crippen LogP contribution is 2.23. The summed E-state index contributed by atoms with van der Waals surface area (Å²) >= 11 is 0. The van der Waals surface area contributed by atoms with Gasteiger partial charge >= 0.3 is 0 Å². The standard InChI is InChI=1S/C25H30N4O2/c1-28(19-20-8-3-2-4-9-20)13-7-12-26-24-18-22(21-10-5-6-11-23(21)27-24)25(30)29-14-16-31-17-15-29/h2-6,8-11,18H,7,12-17,19H2,1H3,(H,26,27). The third-order valence-corrected chi connectivity index (χ3v) is 5.56. The molecule has 0 bridgehead atoms. The number of morpholine rings is 1. The zero-order chi connectivity index (χ0) is 21.5. The van der Waals surface area contributed by atoms with Crippen molar-refractivity contribution in [2.45, 2.75) is 13.0 Å². The van der Waals surface area contributed by atoms with Crippen molar-refractivity contribution in [2.75, 3.05) is 51.8 Å². The molecule has 0 aliphatic carbocycles. The Morgan fingerprint density at radius 3 is 2.65 bits per heavy atom. The fourth-order valence-electron chi connectivity index (χ4n) is 3.92. The van der Waals surface area contributed by atoms with Crippen molar-refractivity contribution < 1.29 is 9.53 Å². The molecule has 1 aliphatic heterocycles. The summed E-state index contributed by atoms with van der Waals surface area (Å²) in [7, 11) is 2.14. The van der Waals surface area contributed by atoms with Crippen LogP contribution in [0.1, 0.15) is 22.3 Å². The molecule has 162 valence electrons. The first kappa shape index (κ1) is 21.3. The van der Waals surface area contributed by atoms with Gasteiger partial charge in [0.2, 0.25) is 0 Å². The van der Waals surface area contributed by atoms with Crippen LogP contribution in [0.25, 0.3) is 10.9 Å². The number of anilines is 1. The van der Waals surface area contributed by atoms with E-state index >= 15 is 0 Å². The van der Waals surface area contributed by atoms with Gasteiger partial charge in [0.25, 0.3) is 5.91 Å². The number of aromatic nitrogens is 1. The minimum absolute atomic E-state index is 0.0487. The van der Waals surface area contributed by atoms with Crippen LogP contribution >= 0.6 is 0 Å². The van der Waals surface area contributed by atoms with Gasteiger partial charge in [0, 0.05) is 31.6 Å². The summed E-state index contributed by atoms with van der Waals surface area (Å²) in [5.41, 5.74) is 2.86. The van der Waals surface area contributed by atoms with E-state index < -0.39 is 0 Å². The second-order valence-electron chi connectivity index (χ2n) is 7.98. The minimum Gasteiger partial charge on any atom is -0.378 e. The number of fused-ring (bicyclic) bond motifs is 1. The molecular weight excluding hydrogens is 388 g/mol. The van der Waals surface area contributed by atoms with E-state index in [0.717, 1.165) is 42.8 Å². The molecule has 1 saturated heterocycles. The van der Waals surface area contributed by atoms with Crippen molar-refractivity contribution in [3.8, 4) is 0 Å². The SMILES string of the molecule is CN(CCCNc1cc(C(=O)N2CCOCC2)c2ccccc2n1)Cc1ccccc1. The highest BCUT2D eigenvalue weighted by molar-refractivity contribution is 6.07. The van der Waals surface area contributed by atoms with Crippen LogP contribution in [0, 0.1) is 0 Å². The third-order valence-electron chi connectivity index (χ3n) is 5.56. The number of amides is 1. The highest BCUT2D eigenvalue weighted by atomic mass is 16.5. The molecule has 1 N–H and O–H groups in total. The van der Waals surface area contributed by atoms with Crippen LogP contribution in [0.15, 0.2) is 60.7 Å². The number of carbonyl (C=O) groups excluding carboxylic acids is 1. The summed E-state index contributed by atoms with van der Waals surface area (Å²) < 4.78 is 5.40. The molecule has 0 spiro atoms. The zero-order valence-corrected chi connectivity index (χ0v) is 18.1. The second kappa shape index (κ2) is 10.4. The van der Waals surface area contributed by atoms with Crippen molar-refractivity contribution in [1.29, 1.82) is 0 Å². The molecule has 1 aromatic heterocycles. The van der Waals surface area contributed by atoms with E-state index in [9.17, 15) is 4.79 Å². The number of carbonyl (C=O) groups is 1. The van der Waals surface area contributed by atoms with Gasteiger partial charge in [0.1, 0.15) is 5.82 Å². The van der Waals surface area contributed by atoms with Crippen LogP contribution in [-0.2, 0) is 11.3 Å². The molecule has 0 saturated carbocycles. The van der Waals surface area contributed by atoms with Crippen molar-refractivity contribution in [3.63, 3.8) is 0 Å². The van der Waals surface area contributed by atoms with Gasteiger partial charge < -0.3 is 19.9 Å². The summed E-state index contributed by atoms with van der Waals surface area (Å²) in [6.45, 7) is 5.17. The lowest BCUT2D eigenvalue weighted by Crippen LogP contribution is -2.40. The van der Waals surface area contributed by atoms with Crippen molar-refractivity contribution in [1.82, 2.24) is 14.8 Å². The molecule has 2 heterocycles. The Bertz CT molecular complexity index is 1000. The lowest BCUT2D eigenvalue weighted by molar-refractivity contribution is 0.0304. The summed E-state index contributed by atoms with van der Waals surface area (Å²) in [6.07, 6.45) is 0.991. The maximum absolute atomic E-state index is 13.2. The lowest BCUT2D eigenvalue weighted by atomic mass is 10.1. The Morgan fingerprint density at radius 1 is 1.10 bits per heavy atom. The summed E-state index contributed by atoms with van der Waals surface area (Å²) in [6, 6.07) is 20.2. The quantitative estimate of drug-likeness (QED) is 0.566. The molecule has 1 amide bonds. The summed E-state index contributed by atoms with van der Waals surface area (Å²) in [5.74, 6) is 0.800. The Hall–Kier alpha value is -2.96. The van der Waals surface area contributed by atoms with Crippen LogP contribution in [0.2, 0.25) is 0 Å². The van der Waals surface area contributed by atoms with Gasteiger partial charge in [-0.2, -0.15) is 0 Å². The van der Waals surface area contributed by atoms with Gasteiger partial charge in [0.15, 0.2) is 0 Å². The first-order valence-corrected chi connectivity index (χ1v) is 10.9. The van der Waals surface area contributed by atoms with Gasteiger partial charge in [-0.15, -0.1) is 0 Å². The van der Waals surface area contributed by atoms with E-state index in [4.69, 9.17) is 9.72 Å². The van der Waals surface area contributed by atoms with Crippen LogP contribution < -0.4 is 5.32 Å². The third kappa shape index (κ3) is 5.60. The normalized spacial score (nSPS) is 14.2. The number of hydrogen-bond donors (Lipinski definition) is 1. The molecular formula is C25H30N4O2. The van der Waals surface area contributed by atoms with E-state index in [2.05, 4.69) is 41.5 Å². The number of benzene rings is 2. The monoisotopic (exact) mass is 418 g/mol. The summed E-state index contributed by atoms with van der Waals surface area (Å²) in [4.78, 5) is 22.1. The van der Waals surface area contributed by atoms with E-state index in [1.807, 2.05) is 41.3 Å². The number of nitrogens with zero attached hydrogens (tertiary/aromatic N) is 3. The first-order chi connectivity index (χ1) is 15.2. The van der Waals surface area contributed by atoms with Gasteiger partial charge in [-0.3, -0.25) is 4.79 Å². The average molecular weight is 419 g/mol. The molecule has 6 nitrogen and oxygen atoms in total. The molecule has 4 rings (SSSR count). The van der Waals surface area contributed by atoms with Gasteiger partial charge in [-0.05, 0) is 37.7 Å². The Morgan fingerprint density at radius 2 is 1.84 bits per heavy atom. The topological polar surface area (TPSA) is 57.7 Å². The van der Waals surface area contributed by atoms with Crippen molar-refractivity contribution in [2.24, 2.45) is 0 Å². The van der Waals surface area contributed by atoms with E-state index in [0.29, 0.717) is 31.9 Å². The number of rotatable bonds is 8. The molecule has 1 fully saturated rings. The van der Waals surface area contributed by atoms with Gasteiger partial charge in [0.05, 0.1) is 24.3 Å². The van der Waals surface area contributed by atoms with E-state index in [1.165, 1.54) is 5.56 Å². The van der Waals surface area contributed by atoms with E-state index in [1.54, 1.807) is 0 Å². The van der Waals surface area contributed by atoms with Gasteiger partial charge in [-0.1, -0.05) is 48.5 Å². The van der Waals surface area contributed by atoms with Crippen LogP contribution in [0.5, 0.6) is 0 Å². The predicted molar refractivity (Wildman–Crippen MR) is 124 cm³/mol. The van der Waals surface area contributed by atoms with Crippen LogP contribution in [0.4, 0.5) is 5.82 Å². The number of nitrogens with one attached hydrogen (secondary N) is 1. The average Bonchev–Trinajstić information content (AvgIpc) is 2.82. The number of pyridine rings is 1. The molecule has 0 radical (unpaired) electrons.